The summed E-state index contributed by atoms with van der Waals surface area (Å²) in [6.45, 7) is 8.97. The molecule has 122 valence electrons. The fourth-order valence-electron chi connectivity index (χ4n) is 2.94. The number of carbonyl (C=O) groups excluding carboxylic acids is 1. The Kier molecular flexibility index (Phi) is 6.05. The zero-order valence-electron chi connectivity index (χ0n) is 14.1. The highest BCUT2D eigenvalue weighted by molar-refractivity contribution is 5.76. The maximum atomic E-state index is 12.6. The van der Waals surface area contributed by atoms with Crippen LogP contribution >= 0.6 is 0 Å². The van der Waals surface area contributed by atoms with Crippen LogP contribution in [0.1, 0.15) is 53.4 Å². The molecule has 2 atom stereocenters. The van der Waals surface area contributed by atoms with Gasteiger partial charge in [0, 0.05) is 26.2 Å². The summed E-state index contributed by atoms with van der Waals surface area (Å²) in [4.78, 5) is 27.6. The van der Waals surface area contributed by atoms with Gasteiger partial charge in [-0.3, -0.25) is 4.79 Å². The molecular weight excluding hydrogens is 268 g/mol. The lowest BCUT2D eigenvalue weighted by molar-refractivity contribution is -0.151. The van der Waals surface area contributed by atoms with Crippen LogP contribution in [-0.2, 0) is 4.79 Å². The van der Waals surface area contributed by atoms with Crippen molar-refractivity contribution in [1.82, 2.24) is 9.80 Å². The Labute approximate surface area is 128 Å². The maximum Gasteiger partial charge on any atom is 0.319 e. The highest BCUT2D eigenvalue weighted by Crippen LogP contribution is 2.34. The van der Waals surface area contributed by atoms with Gasteiger partial charge >= 0.3 is 12.0 Å². The molecule has 0 spiro atoms. The summed E-state index contributed by atoms with van der Waals surface area (Å²) in [6, 6.07) is 0.247. The number of rotatable bonds is 5. The van der Waals surface area contributed by atoms with Gasteiger partial charge in [-0.2, -0.15) is 0 Å². The molecule has 0 bridgehead atoms. The highest BCUT2D eigenvalue weighted by Gasteiger charge is 2.40. The predicted octanol–water partition coefficient (Wildman–Crippen LogP) is 3.05. The third-order valence-electron chi connectivity index (χ3n) is 4.93. The second-order valence-corrected chi connectivity index (χ2v) is 6.84. The standard InChI is InChI=1S/C16H30N2O3/c1-6-8-12(2)17(5)15(21)18-10-7-9-13(11-18)16(3,4)14(19)20/h12-13H,6-11H2,1-5H3,(H,19,20). The molecule has 0 saturated carbocycles. The van der Waals surface area contributed by atoms with Crippen LogP contribution in [0.4, 0.5) is 4.79 Å². The molecule has 1 heterocycles. The van der Waals surface area contributed by atoms with Crippen LogP contribution in [-0.4, -0.2) is 53.1 Å². The minimum atomic E-state index is -0.785. The van der Waals surface area contributed by atoms with Gasteiger partial charge in [-0.05, 0) is 46.0 Å². The molecule has 5 nitrogen and oxygen atoms in total. The Morgan fingerprint density at radius 3 is 2.57 bits per heavy atom. The van der Waals surface area contributed by atoms with Crippen molar-refractivity contribution in [1.29, 1.82) is 0 Å². The first kappa shape index (κ1) is 17.8. The molecule has 1 rings (SSSR count). The highest BCUT2D eigenvalue weighted by atomic mass is 16.4. The summed E-state index contributed by atoms with van der Waals surface area (Å²) in [7, 11) is 1.84. The summed E-state index contributed by atoms with van der Waals surface area (Å²) >= 11 is 0. The molecule has 2 unspecified atom stereocenters. The summed E-state index contributed by atoms with van der Waals surface area (Å²) < 4.78 is 0. The largest absolute Gasteiger partial charge is 0.481 e. The van der Waals surface area contributed by atoms with Gasteiger partial charge in [-0.1, -0.05) is 13.3 Å². The van der Waals surface area contributed by atoms with Crippen molar-refractivity contribution in [3.63, 3.8) is 0 Å². The van der Waals surface area contributed by atoms with E-state index < -0.39 is 11.4 Å². The first-order chi connectivity index (χ1) is 9.71. The number of hydrogen-bond donors (Lipinski definition) is 1. The van der Waals surface area contributed by atoms with E-state index in [9.17, 15) is 14.7 Å². The zero-order valence-corrected chi connectivity index (χ0v) is 14.1. The van der Waals surface area contributed by atoms with Gasteiger partial charge in [-0.25, -0.2) is 4.79 Å². The van der Waals surface area contributed by atoms with Crippen LogP contribution < -0.4 is 0 Å². The molecule has 0 aromatic rings. The molecule has 2 amide bonds. The summed E-state index contributed by atoms with van der Waals surface area (Å²) in [5.41, 5.74) is -0.785. The van der Waals surface area contributed by atoms with Gasteiger partial charge in [0.05, 0.1) is 5.41 Å². The van der Waals surface area contributed by atoms with Crippen molar-refractivity contribution in [2.24, 2.45) is 11.3 Å². The topological polar surface area (TPSA) is 60.9 Å². The number of likely N-dealkylation sites (tertiary alicyclic amines) is 1. The molecule has 1 fully saturated rings. The van der Waals surface area contributed by atoms with Crippen LogP contribution in [0.5, 0.6) is 0 Å². The second-order valence-electron chi connectivity index (χ2n) is 6.84. The van der Waals surface area contributed by atoms with Crippen molar-refractivity contribution in [2.45, 2.75) is 59.4 Å². The zero-order chi connectivity index (χ0) is 16.2. The molecule has 5 heteroatoms. The van der Waals surface area contributed by atoms with E-state index in [1.54, 1.807) is 18.7 Å². The van der Waals surface area contributed by atoms with E-state index in [0.717, 1.165) is 32.2 Å². The van der Waals surface area contributed by atoms with Crippen molar-refractivity contribution in [3.8, 4) is 0 Å². The van der Waals surface area contributed by atoms with E-state index in [-0.39, 0.29) is 18.0 Å². The number of carbonyl (C=O) groups is 2. The second kappa shape index (κ2) is 7.14. The van der Waals surface area contributed by atoms with Gasteiger partial charge in [0.1, 0.15) is 0 Å². The molecule has 1 N–H and O–H groups in total. The number of amides is 2. The lowest BCUT2D eigenvalue weighted by Crippen LogP contribution is -2.51. The molecule has 1 aliphatic heterocycles. The fraction of sp³-hybridized carbons (Fsp3) is 0.875. The SMILES string of the molecule is CCCC(C)N(C)C(=O)N1CCCC(C(C)(C)C(=O)O)C1. The first-order valence-electron chi connectivity index (χ1n) is 7.96. The Morgan fingerprint density at radius 2 is 2.05 bits per heavy atom. The smallest absolute Gasteiger partial charge is 0.319 e. The third-order valence-corrected chi connectivity index (χ3v) is 4.93. The molecular formula is C16H30N2O3. The third kappa shape index (κ3) is 4.11. The molecule has 0 aliphatic carbocycles. The van der Waals surface area contributed by atoms with E-state index in [2.05, 4.69) is 13.8 Å². The number of urea groups is 1. The predicted molar refractivity (Wildman–Crippen MR) is 83.2 cm³/mol. The summed E-state index contributed by atoms with van der Waals surface area (Å²) in [6.07, 6.45) is 3.79. The quantitative estimate of drug-likeness (QED) is 0.848. The Morgan fingerprint density at radius 1 is 1.43 bits per heavy atom. The summed E-state index contributed by atoms with van der Waals surface area (Å²) in [5.74, 6) is -0.767. The minimum Gasteiger partial charge on any atom is -0.481 e. The average molecular weight is 298 g/mol. The minimum absolute atomic E-state index is 0.0163. The van der Waals surface area contributed by atoms with Gasteiger partial charge in [0.15, 0.2) is 0 Å². The van der Waals surface area contributed by atoms with Gasteiger partial charge < -0.3 is 14.9 Å². The molecule has 1 aliphatic rings. The van der Waals surface area contributed by atoms with E-state index in [1.807, 2.05) is 11.9 Å². The van der Waals surface area contributed by atoms with Gasteiger partial charge in [0.2, 0.25) is 0 Å². The average Bonchev–Trinajstić information content (AvgIpc) is 2.45. The molecule has 1 saturated heterocycles. The van der Waals surface area contributed by atoms with Crippen LogP contribution in [0.25, 0.3) is 0 Å². The van der Waals surface area contributed by atoms with E-state index in [1.165, 1.54) is 0 Å². The van der Waals surface area contributed by atoms with E-state index in [0.29, 0.717) is 6.54 Å². The van der Waals surface area contributed by atoms with Crippen LogP contribution in [0.2, 0.25) is 0 Å². The number of nitrogens with zero attached hydrogens (tertiary/aromatic N) is 2. The Balaban J connectivity index is 2.72. The number of hydrogen-bond acceptors (Lipinski definition) is 2. The maximum absolute atomic E-state index is 12.6. The van der Waals surface area contributed by atoms with Gasteiger partial charge in [-0.15, -0.1) is 0 Å². The first-order valence-corrected chi connectivity index (χ1v) is 7.96. The molecule has 0 radical (unpaired) electrons. The van der Waals surface area contributed by atoms with Gasteiger partial charge in [0.25, 0.3) is 0 Å². The lowest BCUT2D eigenvalue weighted by atomic mass is 9.74. The van der Waals surface area contributed by atoms with Crippen molar-refractivity contribution < 1.29 is 14.7 Å². The normalized spacial score (nSPS) is 21.0. The van der Waals surface area contributed by atoms with E-state index >= 15 is 0 Å². The van der Waals surface area contributed by atoms with Crippen molar-refractivity contribution in [3.05, 3.63) is 0 Å². The summed E-state index contributed by atoms with van der Waals surface area (Å²) in [5, 5.41) is 9.37. The van der Waals surface area contributed by atoms with Crippen molar-refractivity contribution in [2.75, 3.05) is 20.1 Å². The van der Waals surface area contributed by atoms with Crippen LogP contribution in [0.15, 0.2) is 0 Å². The number of piperidine rings is 1. The number of carboxylic acids is 1. The van der Waals surface area contributed by atoms with Crippen LogP contribution in [0, 0.1) is 11.3 Å². The molecule has 0 aromatic heterocycles. The van der Waals surface area contributed by atoms with E-state index in [4.69, 9.17) is 0 Å². The van der Waals surface area contributed by atoms with Crippen molar-refractivity contribution >= 4 is 12.0 Å². The fourth-order valence-corrected chi connectivity index (χ4v) is 2.94. The molecule has 0 aromatic carbocycles. The molecule has 21 heavy (non-hydrogen) atoms. The Bertz CT molecular complexity index is 382. The number of aliphatic carboxylic acids is 1. The lowest BCUT2D eigenvalue weighted by Gasteiger charge is -2.41. The Hall–Kier alpha value is -1.26. The number of carboxylic acid groups (broad SMARTS) is 1. The monoisotopic (exact) mass is 298 g/mol. The van der Waals surface area contributed by atoms with Crippen LogP contribution in [0.3, 0.4) is 0 Å².